The number of halogens is 3. The second-order valence-electron chi connectivity index (χ2n) is 6.97. The molecule has 1 aromatic heterocycles. The monoisotopic (exact) mass is 321 g/mol. The van der Waals surface area contributed by atoms with E-state index < -0.39 is 23.3 Å². The molecule has 7 heteroatoms. The van der Waals surface area contributed by atoms with E-state index in [4.69, 9.17) is 0 Å². The Balaban J connectivity index is 1.87. The van der Waals surface area contributed by atoms with Crippen LogP contribution in [0.15, 0.2) is 17.7 Å². The van der Waals surface area contributed by atoms with Crippen molar-refractivity contribution in [3.63, 3.8) is 0 Å². The first-order valence-corrected chi connectivity index (χ1v) is 7.73. The molecule has 1 aromatic carbocycles. The standard InChI is InChI=1S/C16H14F3N3O/c17-16(18,19)12-11-8-1-2-10-13(21-22-20-10)9(8)6-15(11)4-3-7(5-15)14(12)23/h1-2,7,14,23H,3-6H2,(H,20,21,22)/t7-,14+,15-/m0/s1. The van der Waals surface area contributed by atoms with Gasteiger partial charge in [0.25, 0.3) is 0 Å². The second kappa shape index (κ2) is 3.95. The van der Waals surface area contributed by atoms with E-state index >= 15 is 0 Å². The Kier molecular flexibility index (Phi) is 2.33. The van der Waals surface area contributed by atoms with Crippen LogP contribution in [0.4, 0.5) is 13.2 Å². The van der Waals surface area contributed by atoms with Crippen molar-refractivity contribution in [3.8, 4) is 0 Å². The highest BCUT2D eigenvalue weighted by molar-refractivity contribution is 5.91. The van der Waals surface area contributed by atoms with Crippen molar-refractivity contribution in [1.29, 1.82) is 0 Å². The van der Waals surface area contributed by atoms with E-state index in [1.165, 1.54) is 0 Å². The average molecular weight is 321 g/mol. The summed E-state index contributed by atoms with van der Waals surface area (Å²) in [6, 6.07) is 3.41. The Morgan fingerprint density at radius 3 is 2.87 bits per heavy atom. The molecule has 23 heavy (non-hydrogen) atoms. The van der Waals surface area contributed by atoms with Crippen molar-refractivity contribution >= 4 is 16.6 Å². The minimum Gasteiger partial charge on any atom is -0.388 e. The minimum atomic E-state index is -4.51. The van der Waals surface area contributed by atoms with Gasteiger partial charge in [-0.05, 0) is 54.4 Å². The number of fused-ring (bicyclic) bond motifs is 5. The van der Waals surface area contributed by atoms with E-state index in [1.807, 2.05) is 0 Å². The third-order valence-corrected chi connectivity index (χ3v) is 5.87. The second-order valence-corrected chi connectivity index (χ2v) is 6.97. The highest BCUT2D eigenvalue weighted by Crippen LogP contribution is 2.65. The Bertz CT molecular complexity index is 869. The molecule has 0 amide bonds. The Morgan fingerprint density at radius 1 is 1.26 bits per heavy atom. The zero-order valence-corrected chi connectivity index (χ0v) is 12.1. The lowest BCUT2D eigenvalue weighted by Gasteiger charge is -2.36. The molecule has 0 saturated heterocycles. The molecular formula is C16H14F3N3O. The predicted molar refractivity (Wildman–Crippen MR) is 76.3 cm³/mol. The van der Waals surface area contributed by atoms with Crippen molar-refractivity contribution in [2.45, 2.75) is 38.0 Å². The van der Waals surface area contributed by atoms with Crippen LogP contribution in [0.25, 0.3) is 16.6 Å². The molecular weight excluding hydrogens is 307 g/mol. The largest absolute Gasteiger partial charge is 0.415 e. The number of hydrogen-bond donors (Lipinski definition) is 2. The summed E-state index contributed by atoms with van der Waals surface area (Å²) in [5.41, 5.74) is 1.84. The first-order chi connectivity index (χ1) is 10.9. The van der Waals surface area contributed by atoms with Crippen LogP contribution in [0.5, 0.6) is 0 Å². The van der Waals surface area contributed by atoms with Crippen LogP contribution >= 0.6 is 0 Å². The van der Waals surface area contributed by atoms with E-state index in [0.29, 0.717) is 47.9 Å². The van der Waals surface area contributed by atoms with Crippen molar-refractivity contribution in [3.05, 3.63) is 28.8 Å². The lowest BCUT2D eigenvalue weighted by Crippen LogP contribution is -2.37. The van der Waals surface area contributed by atoms with Gasteiger partial charge in [0, 0.05) is 5.41 Å². The molecule has 0 radical (unpaired) electrons. The van der Waals surface area contributed by atoms with Gasteiger partial charge in [0.2, 0.25) is 0 Å². The fourth-order valence-electron chi connectivity index (χ4n) is 5.04. The number of nitrogens with one attached hydrogen (secondary N) is 1. The maximum Gasteiger partial charge on any atom is 0.415 e. The molecule has 1 spiro atoms. The topological polar surface area (TPSA) is 61.8 Å². The summed E-state index contributed by atoms with van der Waals surface area (Å²) in [6.07, 6.45) is -3.41. The third kappa shape index (κ3) is 1.56. The van der Waals surface area contributed by atoms with E-state index in [1.54, 1.807) is 12.1 Å². The number of rotatable bonds is 0. The van der Waals surface area contributed by atoms with Crippen LogP contribution in [0.2, 0.25) is 0 Å². The van der Waals surface area contributed by atoms with Gasteiger partial charge in [-0.15, -0.1) is 0 Å². The van der Waals surface area contributed by atoms with Crippen molar-refractivity contribution in [2.75, 3.05) is 0 Å². The summed E-state index contributed by atoms with van der Waals surface area (Å²) >= 11 is 0. The van der Waals surface area contributed by atoms with Gasteiger partial charge in [-0.25, -0.2) is 0 Å². The Morgan fingerprint density at radius 2 is 2.09 bits per heavy atom. The summed E-state index contributed by atoms with van der Waals surface area (Å²) < 4.78 is 41.1. The number of nitrogens with zero attached hydrogens (tertiary/aromatic N) is 2. The smallest absolute Gasteiger partial charge is 0.388 e. The average Bonchev–Trinajstić information content (AvgIpc) is 3.15. The van der Waals surface area contributed by atoms with Crippen molar-refractivity contribution in [2.24, 2.45) is 11.3 Å². The van der Waals surface area contributed by atoms with Gasteiger partial charge in [0.15, 0.2) is 0 Å². The number of alkyl halides is 3. The van der Waals surface area contributed by atoms with Crippen LogP contribution < -0.4 is 0 Å². The summed E-state index contributed by atoms with van der Waals surface area (Å²) in [5, 5.41) is 21.0. The zero-order valence-electron chi connectivity index (χ0n) is 12.1. The number of H-pyrrole nitrogens is 1. The van der Waals surface area contributed by atoms with Gasteiger partial charge in [-0.2, -0.15) is 28.6 Å². The van der Waals surface area contributed by atoms with E-state index in [9.17, 15) is 18.3 Å². The molecule has 3 atom stereocenters. The molecule has 3 aliphatic rings. The van der Waals surface area contributed by atoms with Crippen molar-refractivity contribution < 1.29 is 18.3 Å². The lowest BCUT2D eigenvalue weighted by molar-refractivity contribution is -0.111. The molecule has 0 aliphatic heterocycles. The van der Waals surface area contributed by atoms with Crippen molar-refractivity contribution in [1.82, 2.24) is 15.4 Å². The first-order valence-electron chi connectivity index (χ1n) is 7.73. The minimum absolute atomic E-state index is 0.294. The molecule has 1 heterocycles. The van der Waals surface area contributed by atoms with Crippen LogP contribution in [-0.4, -0.2) is 32.8 Å². The predicted octanol–water partition coefficient (Wildman–Crippen LogP) is 2.99. The number of aliphatic hydroxyl groups is 1. The zero-order chi connectivity index (χ0) is 16.0. The van der Waals surface area contributed by atoms with Crippen LogP contribution in [0.3, 0.4) is 0 Å². The summed E-state index contributed by atoms with van der Waals surface area (Å²) in [5.74, 6) is -0.294. The maximum absolute atomic E-state index is 13.7. The highest BCUT2D eigenvalue weighted by Gasteiger charge is 2.59. The number of aliphatic hydroxyl groups excluding tert-OH is 1. The SMILES string of the molecule is O[C@H]1C(C(F)(F)F)=C2c3ccc4n[nH]nc4c3C[C@@]23CC[C@H]1C3. The number of allylic oxidation sites excluding steroid dienone is 1. The first kappa shape index (κ1) is 13.5. The lowest BCUT2D eigenvalue weighted by atomic mass is 9.70. The number of aromatic amines is 1. The van der Waals surface area contributed by atoms with Gasteiger partial charge in [0.1, 0.15) is 11.0 Å². The molecule has 2 bridgehead atoms. The molecule has 2 N–H and O–H groups in total. The van der Waals surface area contributed by atoms with Gasteiger partial charge in [-0.3, -0.25) is 0 Å². The third-order valence-electron chi connectivity index (χ3n) is 5.87. The number of benzene rings is 1. The van der Waals surface area contributed by atoms with Gasteiger partial charge >= 0.3 is 6.18 Å². The molecule has 1 fully saturated rings. The highest BCUT2D eigenvalue weighted by atomic mass is 19.4. The number of hydrogen-bond acceptors (Lipinski definition) is 3. The van der Waals surface area contributed by atoms with E-state index in [-0.39, 0.29) is 5.92 Å². The van der Waals surface area contributed by atoms with Gasteiger partial charge < -0.3 is 5.11 Å². The van der Waals surface area contributed by atoms with Crippen LogP contribution in [0, 0.1) is 11.3 Å². The normalized spacial score (nSPS) is 32.5. The Hall–Kier alpha value is -1.89. The summed E-state index contributed by atoms with van der Waals surface area (Å²) in [6.45, 7) is 0. The van der Waals surface area contributed by atoms with E-state index in [2.05, 4.69) is 15.4 Å². The van der Waals surface area contributed by atoms with Crippen LogP contribution in [-0.2, 0) is 6.42 Å². The maximum atomic E-state index is 13.7. The van der Waals surface area contributed by atoms with Gasteiger partial charge in [0.05, 0.1) is 11.7 Å². The fraction of sp³-hybridized carbons (Fsp3) is 0.500. The number of aromatic nitrogens is 3. The quantitative estimate of drug-likeness (QED) is 0.784. The molecule has 3 aliphatic carbocycles. The Labute approximate surface area is 129 Å². The van der Waals surface area contributed by atoms with Crippen LogP contribution in [0.1, 0.15) is 30.4 Å². The van der Waals surface area contributed by atoms with E-state index in [0.717, 1.165) is 5.56 Å². The summed E-state index contributed by atoms with van der Waals surface area (Å²) in [4.78, 5) is 0. The summed E-state index contributed by atoms with van der Waals surface area (Å²) in [7, 11) is 0. The van der Waals surface area contributed by atoms with Gasteiger partial charge in [-0.1, -0.05) is 6.07 Å². The molecule has 2 aromatic rings. The molecule has 5 rings (SSSR count). The molecule has 120 valence electrons. The fourth-order valence-corrected chi connectivity index (χ4v) is 5.04. The molecule has 0 unspecified atom stereocenters. The molecule has 4 nitrogen and oxygen atoms in total. The molecule has 1 saturated carbocycles.